The van der Waals surface area contributed by atoms with E-state index in [1.54, 1.807) is 5.32 Å². The minimum Gasteiger partial charge on any atom is -0.380 e. The van der Waals surface area contributed by atoms with Crippen LogP contribution in [0.2, 0.25) is 5.02 Å². The number of likely N-dealkylation sites (tertiary alicyclic amines) is 1. The molecule has 0 bridgehead atoms. The summed E-state index contributed by atoms with van der Waals surface area (Å²) in [6.45, 7) is 0.0599. The summed E-state index contributed by atoms with van der Waals surface area (Å²) in [4.78, 5) is 66.9. The van der Waals surface area contributed by atoms with Crippen LogP contribution in [-0.4, -0.2) is 81.5 Å². The summed E-state index contributed by atoms with van der Waals surface area (Å²) in [5.74, 6) is -8.57. The Kier molecular flexibility index (Phi) is 7.28. The number of hydrogen-bond acceptors (Lipinski definition) is 9. The lowest BCUT2D eigenvalue weighted by Gasteiger charge is -2.32. The number of amides is 7. The third-order valence-electron chi connectivity index (χ3n) is 5.83. The summed E-state index contributed by atoms with van der Waals surface area (Å²) in [5.41, 5.74) is -0.806. The number of anilines is 3. The summed E-state index contributed by atoms with van der Waals surface area (Å²) in [7, 11) is 1.42. The molecule has 7 amide bonds. The maximum Gasteiger partial charge on any atom is 0.335 e. The van der Waals surface area contributed by atoms with E-state index in [-0.39, 0.29) is 29.4 Å². The van der Waals surface area contributed by atoms with Crippen molar-refractivity contribution in [3.05, 3.63) is 47.4 Å². The Hall–Kier alpha value is -4.18. The number of hydrogen-bond donors (Lipinski definition) is 5. The Morgan fingerprint density at radius 1 is 1.21 bits per heavy atom. The maximum atomic E-state index is 14.9. The number of nitrogens with zero attached hydrogens (tertiary/aromatic N) is 3. The largest absolute Gasteiger partial charge is 0.380 e. The fourth-order valence-electron chi connectivity index (χ4n) is 3.85. The molecule has 5 N–H and O–H groups in total. The lowest BCUT2D eigenvalue weighted by atomic mass is 10.1. The van der Waals surface area contributed by atoms with Gasteiger partial charge in [-0.3, -0.25) is 25.0 Å². The molecule has 3 heterocycles. The lowest BCUT2D eigenvalue weighted by molar-refractivity contribution is -0.191. The number of imide groups is 2. The minimum absolute atomic E-state index is 0.0599. The number of benzene rings is 1. The van der Waals surface area contributed by atoms with Crippen LogP contribution in [0.15, 0.2) is 36.5 Å². The number of pyridine rings is 1. The fraction of sp³-hybridized carbons (Fsp3) is 0.273. The normalized spacial score (nSPS) is 20.8. The van der Waals surface area contributed by atoms with Crippen LogP contribution in [0.25, 0.3) is 0 Å². The molecule has 16 heteroatoms. The lowest BCUT2D eigenvalue weighted by Crippen LogP contribution is -2.68. The first-order valence-electron chi connectivity index (χ1n) is 10.9. The first-order chi connectivity index (χ1) is 17.9. The van der Waals surface area contributed by atoms with Gasteiger partial charge in [0.2, 0.25) is 5.91 Å². The number of ether oxygens (including phenoxy) is 1. The maximum absolute atomic E-state index is 14.9. The second-order valence-electron chi connectivity index (χ2n) is 8.28. The molecular weight excluding hydrogens is 531 g/mol. The number of aromatic nitrogens is 1. The third-order valence-corrected chi connectivity index (χ3v) is 6.06. The van der Waals surface area contributed by atoms with Crippen molar-refractivity contribution in [1.29, 1.82) is 0 Å². The Bertz CT molecular complexity index is 1320. The Morgan fingerprint density at radius 2 is 1.95 bits per heavy atom. The highest BCUT2D eigenvalue weighted by atomic mass is 35.5. The molecule has 4 rings (SSSR count). The second kappa shape index (κ2) is 10.3. The summed E-state index contributed by atoms with van der Waals surface area (Å²) >= 11 is 5.79. The van der Waals surface area contributed by atoms with Gasteiger partial charge in [0, 0.05) is 32.3 Å². The predicted octanol–water partition coefficient (Wildman–Crippen LogP) is 0.398. The van der Waals surface area contributed by atoms with Crippen LogP contribution in [0, 0.1) is 5.82 Å². The zero-order chi connectivity index (χ0) is 27.8. The van der Waals surface area contributed by atoms with Gasteiger partial charge >= 0.3 is 23.8 Å². The van der Waals surface area contributed by atoms with E-state index in [2.05, 4.69) is 15.6 Å². The number of halogens is 2. The zero-order valence-electron chi connectivity index (χ0n) is 19.5. The van der Waals surface area contributed by atoms with Crippen LogP contribution in [-0.2, 0) is 19.1 Å². The van der Waals surface area contributed by atoms with Crippen LogP contribution < -0.4 is 20.9 Å². The van der Waals surface area contributed by atoms with Crippen LogP contribution in [0.4, 0.5) is 31.2 Å². The number of aliphatic hydroxyl groups is 2. The van der Waals surface area contributed by atoms with Crippen LogP contribution in [0.5, 0.6) is 0 Å². The molecule has 2 aromatic rings. The highest BCUT2D eigenvalue weighted by Crippen LogP contribution is 2.28. The summed E-state index contributed by atoms with van der Waals surface area (Å²) in [6, 6.07) is 2.66. The van der Waals surface area contributed by atoms with E-state index in [9.17, 15) is 38.6 Å². The molecule has 2 unspecified atom stereocenters. The van der Waals surface area contributed by atoms with Gasteiger partial charge in [0.1, 0.15) is 17.7 Å². The van der Waals surface area contributed by atoms with Gasteiger partial charge in [-0.05, 0) is 24.3 Å². The van der Waals surface area contributed by atoms with Gasteiger partial charge in [0.15, 0.2) is 0 Å². The Morgan fingerprint density at radius 3 is 2.58 bits per heavy atom. The molecule has 1 aromatic heterocycles. The van der Waals surface area contributed by atoms with E-state index >= 15 is 0 Å². The standard InChI is InChI=1S/C22H20ClFN6O8/c1-38-12-7-15(29(9-12)20(34)27-16-5-2-10(23)8-25-16)17(31)26-14-4-3-11(6-13(14)24)30-19(33)22(36,37)18(32)28-21(30)35/h2-6,8,12,15,36-37H,7,9H2,1H3,(H,26,31)(H,25,27,34)(H,28,32,35). The molecule has 1 aromatic carbocycles. The van der Waals surface area contributed by atoms with E-state index in [0.717, 1.165) is 12.1 Å². The highest BCUT2D eigenvalue weighted by molar-refractivity contribution is 6.31. The fourth-order valence-corrected chi connectivity index (χ4v) is 3.96. The number of carbonyl (C=O) groups is 5. The SMILES string of the molecule is COC1CC(C(=O)Nc2ccc(N3C(=O)NC(=O)C(O)(O)C3=O)cc2F)N(C(=O)Nc2ccc(Cl)cn2)C1. The number of rotatable bonds is 5. The topological polar surface area (TPSA) is 190 Å². The molecule has 0 saturated carbocycles. The van der Waals surface area contributed by atoms with Gasteiger partial charge in [0.05, 0.1) is 22.5 Å². The van der Waals surface area contributed by atoms with Crippen molar-refractivity contribution in [1.82, 2.24) is 15.2 Å². The molecular formula is C22H20ClFN6O8. The van der Waals surface area contributed by atoms with Gasteiger partial charge in [0.25, 0.3) is 5.91 Å². The Labute approximate surface area is 218 Å². The molecule has 2 saturated heterocycles. The average Bonchev–Trinajstić information content (AvgIpc) is 3.31. The quantitative estimate of drug-likeness (QED) is 0.259. The third kappa shape index (κ3) is 5.12. The van der Waals surface area contributed by atoms with E-state index in [4.69, 9.17) is 16.3 Å². The molecule has 2 aliphatic heterocycles. The van der Waals surface area contributed by atoms with Gasteiger partial charge in [-0.1, -0.05) is 11.6 Å². The van der Waals surface area contributed by atoms with Gasteiger partial charge < -0.3 is 25.2 Å². The summed E-state index contributed by atoms with van der Waals surface area (Å²) in [5, 5.41) is 26.1. The highest BCUT2D eigenvalue weighted by Gasteiger charge is 2.52. The molecule has 2 atom stereocenters. The molecule has 38 heavy (non-hydrogen) atoms. The van der Waals surface area contributed by atoms with Gasteiger partial charge in [-0.25, -0.2) is 23.9 Å². The van der Waals surface area contributed by atoms with E-state index < -0.39 is 59.2 Å². The van der Waals surface area contributed by atoms with E-state index in [1.807, 2.05) is 0 Å². The van der Waals surface area contributed by atoms with E-state index in [0.29, 0.717) is 11.1 Å². The Balaban J connectivity index is 1.50. The van der Waals surface area contributed by atoms with Crippen LogP contribution in [0.3, 0.4) is 0 Å². The van der Waals surface area contributed by atoms with Crippen molar-refractivity contribution in [2.24, 2.45) is 0 Å². The van der Waals surface area contributed by atoms with Crippen molar-refractivity contribution in [2.75, 3.05) is 29.2 Å². The smallest absolute Gasteiger partial charge is 0.335 e. The van der Waals surface area contributed by atoms with Crippen molar-refractivity contribution < 1.29 is 43.3 Å². The first-order valence-corrected chi connectivity index (χ1v) is 11.3. The molecule has 2 fully saturated rings. The molecule has 0 aliphatic carbocycles. The van der Waals surface area contributed by atoms with Crippen molar-refractivity contribution in [2.45, 2.75) is 24.4 Å². The minimum atomic E-state index is -3.54. The first kappa shape index (κ1) is 26.9. The molecule has 200 valence electrons. The summed E-state index contributed by atoms with van der Waals surface area (Å²) in [6.07, 6.45) is 0.954. The number of carbonyl (C=O) groups excluding carboxylic acids is 5. The van der Waals surface area contributed by atoms with Crippen LogP contribution >= 0.6 is 11.6 Å². The number of urea groups is 2. The molecule has 14 nitrogen and oxygen atoms in total. The predicted molar refractivity (Wildman–Crippen MR) is 127 cm³/mol. The van der Waals surface area contributed by atoms with Crippen molar-refractivity contribution in [3.8, 4) is 0 Å². The number of nitrogens with one attached hydrogen (secondary N) is 3. The monoisotopic (exact) mass is 550 g/mol. The second-order valence-corrected chi connectivity index (χ2v) is 8.72. The average molecular weight is 551 g/mol. The zero-order valence-corrected chi connectivity index (χ0v) is 20.2. The number of barbiturate groups is 1. The number of methoxy groups -OCH3 is 1. The van der Waals surface area contributed by atoms with Gasteiger partial charge in [-0.2, -0.15) is 0 Å². The van der Waals surface area contributed by atoms with Crippen molar-refractivity contribution >= 4 is 58.6 Å². The molecule has 2 aliphatic rings. The molecule has 0 spiro atoms. The van der Waals surface area contributed by atoms with Crippen molar-refractivity contribution in [3.63, 3.8) is 0 Å². The summed E-state index contributed by atoms with van der Waals surface area (Å²) < 4.78 is 20.2. The van der Waals surface area contributed by atoms with Gasteiger partial charge in [-0.15, -0.1) is 0 Å². The molecule has 0 radical (unpaired) electrons. The van der Waals surface area contributed by atoms with Crippen LogP contribution in [0.1, 0.15) is 6.42 Å². The van der Waals surface area contributed by atoms with E-state index in [1.165, 1.54) is 30.3 Å².